The molecule has 2 aliphatic heterocycles. The third-order valence-electron chi connectivity index (χ3n) is 4.62. The number of ketones is 1. The normalized spacial score (nSPS) is 30.2. The second-order valence-electron chi connectivity index (χ2n) is 5.64. The Morgan fingerprint density at radius 2 is 1.94 bits per heavy atom. The molecule has 2 bridgehead atoms. The summed E-state index contributed by atoms with van der Waals surface area (Å²) in [6.07, 6.45) is 5.34. The monoisotopic (exact) mass is 243 g/mol. The first-order valence-electron chi connectivity index (χ1n) is 7.12. The number of benzene rings is 1. The van der Waals surface area contributed by atoms with E-state index in [9.17, 15) is 4.79 Å². The van der Waals surface area contributed by atoms with Gasteiger partial charge in [0.15, 0.2) is 0 Å². The lowest BCUT2D eigenvalue weighted by Gasteiger charge is -2.33. The third-order valence-corrected chi connectivity index (χ3v) is 4.62. The van der Waals surface area contributed by atoms with Gasteiger partial charge in [0.05, 0.1) is 6.04 Å². The van der Waals surface area contributed by atoms with E-state index >= 15 is 0 Å². The zero-order chi connectivity index (χ0) is 12.5. The summed E-state index contributed by atoms with van der Waals surface area (Å²) < 4.78 is 0. The summed E-state index contributed by atoms with van der Waals surface area (Å²) in [6.45, 7) is 2.25. The summed E-state index contributed by atoms with van der Waals surface area (Å²) in [5, 5.41) is 0. The van der Waals surface area contributed by atoms with Crippen LogP contribution < -0.4 is 0 Å². The van der Waals surface area contributed by atoms with Crippen LogP contribution in [0.3, 0.4) is 0 Å². The van der Waals surface area contributed by atoms with Gasteiger partial charge in [-0.2, -0.15) is 0 Å². The molecule has 1 aromatic rings. The first-order chi connectivity index (χ1) is 8.77. The summed E-state index contributed by atoms with van der Waals surface area (Å²) >= 11 is 0. The number of hydrogen-bond acceptors (Lipinski definition) is 2. The summed E-state index contributed by atoms with van der Waals surface area (Å²) in [5.74, 6) is 0.470. The molecule has 2 heterocycles. The van der Waals surface area contributed by atoms with Gasteiger partial charge >= 0.3 is 0 Å². The molecule has 2 heteroatoms. The Hall–Kier alpha value is -1.15. The van der Waals surface area contributed by atoms with Crippen LogP contribution in [-0.2, 0) is 4.79 Å². The minimum atomic E-state index is 0.188. The zero-order valence-electron chi connectivity index (χ0n) is 11.0. The molecular weight excluding hydrogens is 222 g/mol. The maximum atomic E-state index is 12.2. The van der Waals surface area contributed by atoms with Gasteiger partial charge in [-0.05, 0) is 38.2 Å². The van der Waals surface area contributed by atoms with Gasteiger partial charge in [0.25, 0.3) is 0 Å². The lowest BCUT2D eigenvalue weighted by Crippen LogP contribution is -2.40. The number of hydrogen-bond donors (Lipinski definition) is 0. The van der Waals surface area contributed by atoms with Crippen LogP contribution in [0.1, 0.15) is 50.6 Å². The van der Waals surface area contributed by atoms with Gasteiger partial charge in [-0.25, -0.2) is 0 Å². The van der Waals surface area contributed by atoms with E-state index in [0.29, 0.717) is 17.9 Å². The van der Waals surface area contributed by atoms with E-state index in [2.05, 4.69) is 42.2 Å². The molecule has 2 nitrogen and oxygen atoms in total. The molecule has 0 aliphatic carbocycles. The number of rotatable bonds is 2. The molecule has 2 saturated heterocycles. The van der Waals surface area contributed by atoms with E-state index in [1.165, 1.54) is 18.4 Å². The van der Waals surface area contributed by atoms with Crippen LogP contribution in [0.25, 0.3) is 0 Å². The first-order valence-corrected chi connectivity index (χ1v) is 7.12. The van der Waals surface area contributed by atoms with Gasteiger partial charge in [-0.1, -0.05) is 30.3 Å². The van der Waals surface area contributed by atoms with Crippen LogP contribution >= 0.6 is 0 Å². The Balaban J connectivity index is 1.88. The van der Waals surface area contributed by atoms with E-state index in [-0.39, 0.29) is 6.04 Å². The fourth-order valence-electron chi connectivity index (χ4n) is 3.69. The molecule has 3 rings (SSSR count). The number of nitrogens with zero attached hydrogens (tertiary/aromatic N) is 1. The van der Waals surface area contributed by atoms with Crippen LogP contribution in [0.2, 0.25) is 0 Å². The second-order valence-corrected chi connectivity index (χ2v) is 5.64. The van der Waals surface area contributed by atoms with Crippen molar-refractivity contribution in [3.05, 3.63) is 35.9 Å². The molecule has 3 atom stereocenters. The second kappa shape index (κ2) is 4.85. The van der Waals surface area contributed by atoms with Crippen LogP contribution in [-0.4, -0.2) is 22.8 Å². The van der Waals surface area contributed by atoms with E-state index in [1.54, 1.807) is 0 Å². The minimum absolute atomic E-state index is 0.188. The number of carbonyl (C=O) groups excluding carboxylic acids is 1. The van der Waals surface area contributed by atoms with Crippen LogP contribution in [0, 0.1) is 0 Å². The van der Waals surface area contributed by atoms with Crippen LogP contribution in [0.4, 0.5) is 0 Å². The number of Topliss-reactive ketones (excluding diaryl/α,β-unsaturated/α-hetero) is 1. The average molecular weight is 243 g/mol. The molecule has 0 radical (unpaired) electrons. The van der Waals surface area contributed by atoms with Crippen molar-refractivity contribution in [1.29, 1.82) is 0 Å². The van der Waals surface area contributed by atoms with Gasteiger partial charge in [0, 0.05) is 18.5 Å². The molecule has 1 aromatic carbocycles. The van der Waals surface area contributed by atoms with E-state index in [4.69, 9.17) is 0 Å². The average Bonchev–Trinajstić information content (AvgIpc) is 2.74. The maximum Gasteiger partial charge on any atom is 0.149 e. The third kappa shape index (κ3) is 1.99. The molecule has 18 heavy (non-hydrogen) atoms. The van der Waals surface area contributed by atoms with E-state index in [1.807, 2.05) is 0 Å². The highest BCUT2D eigenvalue weighted by atomic mass is 16.1. The molecule has 2 fully saturated rings. The molecule has 0 spiro atoms. The Morgan fingerprint density at radius 1 is 1.17 bits per heavy atom. The van der Waals surface area contributed by atoms with Gasteiger partial charge in [0.1, 0.15) is 5.78 Å². The molecule has 0 amide bonds. The smallest absolute Gasteiger partial charge is 0.149 e. The van der Waals surface area contributed by atoms with Gasteiger partial charge in [-0.3, -0.25) is 9.69 Å². The molecular formula is C16H21NO. The highest BCUT2D eigenvalue weighted by molar-refractivity contribution is 5.84. The Labute approximate surface area is 109 Å². The molecule has 0 aromatic heterocycles. The minimum Gasteiger partial charge on any atom is -0.298 e. The molecule has 0 N–H and O–H groups in total. The zero-order valence-corrected chi connectivity index (χ0v) is 11.0. The fraction of sp³-hybridized carbons (Fsp3) is 0.562. The lowest BCUT2D eigenvalue weighted by molar-refractivity contribution is -0.123. The highest BCUT2D eigenvalue weighted by Crippen LogP contribution is 2.38. The van der Waals surface area contributed by atoms with Gasteiger partial charge in [0.2, 0.25) is 0 Å². The van der Waals surface area contributed by atoms with Gasteiger partial charge < -0.3 is 0 Å². The topological polar surface area (TPSA) is 20.3 Å². The highest BCUT2D eigenvalue weighted by Gasteiger charge is 2.41. The SMILES string of the molecule is C[C@H](c1ccccc1)N1[C@@H]2CCCC(=O)[C@H]1CC2. The Kier molecular flexibility index (Phi) is 3.21. The Bertz CT molecular complexity index is 428. The Morgan fingerprint density at radius 3 is 2.72 bits per heavy atom. The van der Waals surface area contributed by atoms with Crippen molar-refractivity contribution in [3.63, 3.8) is 0 Å². The number of carbonyl (C=O) groups is 1. The summed E-state index contributed by atoms with van der Waals surface area (Å²) in [7, 11) is 0. The van der Waals surface area contributed by atoms with Crippen LogP contribution in [0.5, 0.6) is 0 Å². The van der Waals surface area contributed by atoms with Crippen LogP contribution in [0.15, 0.2) is 30.3 Å². The fourth-order valence-corrected chi connectivity index (χ4v) is 3.69. The molecule has 96 valence electrons. The van der Waals surface area contributed by atoms with Crippen molar-refractivity contribution in [2.45, 2.75) is 57.2 Å². The predicted octanol–water partition coefficient (Wildman–Crippen LogP) is 3.33. The maximum absolute atomic E-state index is 12.2. The number of fused-ring (bicyclic) bond motifs is 2. The van der Waals surface area contributed by atoms with Crippen molar-refractivity contribution in [2.24, 2.45) is 0 Å². The molecule has 2 aliphatic rings. The van der Waals surface area contributed by atoms with Crippen molar-refractivity contribution in [2.75, 3.05) is 0 Å². The lowest BCUT2D eigenvalue weighted by atomic mass is 10.0. The predicted molar refractivity (Wildman–Crippen MR) is 72.4 cm³/mol. The van der Waals surface area contributed by atoms with Crippen molar-refractivity contribution < 1.29 is 4.79 Å². The van der Waals surface area contributed by atoms with Crippen molar-refractivity contribution in [1.82, 2.24) is 4.90 Å². The summed E-state index contributed by atoms with van der Waals surface area (Å²) in [5.41, 5.74) is 1.34. The van der Waals surface area contributed by atoms with Crippen molar-refractivity contribution >= 4 is 5.78 Å². The van der Waals surface area contributed by atoms with E-state index in [0.717, 1.165) is 19.3 Å². The molecule has 0 unspecified atom stereocenters. The standard InChI is InChI=1S/C16H21NO/c1-12(13-6-3-2-4-7-13)17-14-8-5-9-16(18)15(17)11-10-14/h2-4,6-7,12,14-15H,5,8-11H2,1H3/t12-,14-,15-/m1/s1. The first kappa shape index (κ1) is 11.9. The van der Waals surface area contributed by atoms with Crippen molar-refractivity contribution in [3.8, 4) is 0 Å². The molecule has 0 saturated carbocycles. The van der Waals surface area contributed by atoms with E-state index < -0.39 is 0 Å². The quantitative estimate of drug-likeness (QED) is 0.794. The largest absolute Gasteiger partial charge is 0.298 e. The van der Waals surface area contributed by atoms with Gasteiger partial charge in [-0.15, -0.1) is 0 Å². The summed E-state index contributed by atoms with van der Waals surface area (Å²) in [6, 6.07) is 11.8. The summed E-state index contributed by atoms with van der Waals surface area (Å²) in [4.78, 5) is 14.7.